The normalized spacial score (nSPS) is 27.4. The van der Waals surface area contributed by atoms with E-state index in [0.29, 0.717) is 12.1 Å². The second-order valence-corrected chi connectivity index (χ2v) is 6.94. The van der Waals surface area contributed by atoms with Crippen molar-refractivity contribution >= 4 is 27.8 Å². The molecule has 3 unspecified atom stereocenters. The van der Waals surface area contributed by atoms with E-state index >= 15 is 0 Å². The number of aryl methyl sites for hydroxylation is 1. The van der Waals surface area contributed by atoms with Crippen LogP contribution in [-0.2, 0) is 0 Å². The van der Waals surface area contributed by atoms with Gasteiger partial charge in [-0.3, -0.25) is 0 Å². The van der Waals surface area contributed by atoms with Crippen LogP contribution in [0.15, 0.2) is 34.9 Å². The Morgan fingerprint density at radius 3 is 2.91 bits per heavy atom. The Kier molecular flexibility index (Phi) is 2.42. The lowest BCUT2D eigenvalue weighted by molar-refractivity contribution is 0.453. The van der Waals surface area contributed by atoms with Crippen molar-refractivity contribution in [3.05, 3.63) is 36.0 Å². The highest BCUT2D eigenvalue weighted by Gasteiger charge is 2.44. The van der Waals surface area contributed by atoms with Crippen LogP contribution in [0.2, 0.25) is 0 Å². The topological polar surface area (TPSA) is 29.3 Å². The fourth-order valence-corrected chi connectivity index (χ4v) is 4.71. The summed E-state index contributed by atoms with van der Waals surface area (Å²) in [7, 11) is 0. The molecule has 0 spiro atoms. The lowest BCUT2D eigenvalue weighted by atomic mass is 9.98. The predicted molar refractivity (Wildman–Crippen MR) is 89.3 cm³/mol. The van der Waals surface area contributed by atoms with Crippen molar-refractivity contribution in [1.29, 1.82) is 0 Å². The van der Waals surface area contributed by atoms with E-state index in [4.69, 9.17) is 4.42 Å². The van der Waals surface area contributed by atoms with E-state index in [9.17, 15) is 0 Å². The Bertz CT molecular complexity index is 880. The minimum Gasteiger partial charge on any atom is -0.436 e. The second-order valence-electron chi connectivity index (χ2n) is 6.94. The van der Waals surface area contributed by atoms with Gasteiger partial charge in [0.1, 0.15) is 0 Å². The monoisotopic (exact) mass is 292 g/mol. The largest absolute Gasteiger partial charge is 0.436 e. The number of aromatic nitrogens is 1. The Morgan fingerprint density at radius 1 is 1.18 bits per heavy atom. The highest BCUT2D eigenvalue weighted by molar-refractivity contribution is 6.08. The zero-order valence-corrected chi connectivity index (χ0v) is 13.0. The molecule has 3 heterocycles. The lowest BCUT2D eigenvalue weighted by Crippen LogP contribution is -2.39. The van der Waals surface area contributed by atoms with Crippen LogP contribution in [0.4, 0.5) is 5.69 Å². The van der Waals surface area contributed by atoms with E-state index < -0.39 is 0 Å². The molecular weight excluding hydrogens is 272 g/mol. The molecule has 1 aliphatic carbocycles. The van der Waals surface area contributed by atoms with Crippen LogP contribution < -0.4 is 4.90 Å². The van der Waals surface area contributed by atoms with Gasteiger partial charge in [-0.2, -0.15) is 0 Å². The van der Waals surface area contributed by atoms with Gasteiger partial charge in [0, 0.05) is 29.1 Å². The molecule has 2 fully saturated rings. The summed E-state index contributed by atoms with van der Waals surface area (Å²) in [6.07, 6.45) is 5.86. The van der Waals surface area contributed by atoms with Gasteiger partial charge < -0.3 is 9.32 Å². The van der Waals surface area contributed by atoms with Gasteiger partial charge in [-0.05, 0) is 56.7 Å². The number of nitrogens with zero attached hydrogens (tertiary/aromatic N) is 2. The summed E-state index contributed by atoms with van der Waals surface area (Å²) in [5.41, 5.74) is 4.38. The van der Waals surface area contributed by atoms with Crippen LogP contribution in [-0.4, -0.2) is 17.1 Å². The molecular formula is C19H20N2O. The maximum absolute atomic E-state index is 6.18. The number of anilines is 1. The van der Waals surface area contributed by atoms with Crippen molar-refractivity contribution in [2.75, 3.05) is 4.90 Å². The van der Waals surface area contributed by atoms with Crippen molar-refractivity contribution in [2.24, 2.45) is 5.92 Å². The molecule has 3 aromatic rings. The fourth-order valence-electron chi connectivity index (χ4n) is 4.71. The van der Waals surface area contributed by atoms with Gasteiger partial charge in [-0.25, -0.2) is 4.98 Å². The van der Waals surface area contributed by atoms with Crippen molar-refractivity contribution in [2.45, 2.75) is 45.2 Å². The van der Waals surface area contributed by atoms with Crippen LogP contribution >= 0.6 is 0 Å². The Morgan fingerprint density at radius 2 is 2.09 bits per heavy atom. The van der Waals surface area contributed by atoms with Crippen molar-refractivity contribution in [3.8, 4) is 0 Å². The Hall–Kier alpha value is -2.03. The first-order chi connectivity index (χ1) is 10.7. The summed E-state index contributed by atoms with van der Waals surface area (Å²) in [4.78, 5) is 7.03. The molecule has 0 amide bonds. The maximum Gasteiger partial charge on any atom is 0.227 e. The quantitative estimate of drug-likeness (QED) is 0.653. The molecule has 22 heavy (non-hydrogen) atoms. The summed E-state index contributed by atoms with van der Waals surface area (Å²) >= 11 is 0. The van der Waals surface area contributed by atoms with Crippen LogP contribution in [0.1, 0.15) is 31.7 Å². The Labute approximate surface area is 129 Å². The second kappa shape index (κ2) is 4.25. The highest BCUT2D eigenvalue weighted by Crippen LogP contribution is 2.48. The summed E-state index contributed by atoms with van der Waals surface area (Å²) in [6, 6.07) is 9.80. The van der Waals surface area contributed by atoms with E-state index in [1.54, 1.807) is 6.20 Å². The van der Waals surface area contributed by atoms with Gasteiger partial charge in [0.15, 0.2) is 5.58 Å². The summed E-state index contributed by atoms with van der Waals surface area (Å²) in [5.74, 6) is 0.849. The zero-order chi connectivity index (χ0) is 14.8. The van der Waals surface area contributed by atoms with E-state index in [0.717, 1.165) is 22.6 Å². The molecule has 0 N–H and O–H groups in total. The maximum atomic E-state index is 6.18. The third-order valence-electron chi connectivity index (χ3n) is 5.81. The van der Waals surface area contributed by atoms with Gasteiger partial charge in [0.05, 0.1) is 5.69 Å². The van der Waals surface area contributed by atoms with E-state index in [1.807, 2.05) is 6.07 Å². The van der Waals surface area contributed by atoms with Gasteiger partial charge >= 0.3 is 0 Å². The molecule has 3 heteroatoms. The standard InChI is InChI=1S/C19H20N2O/c1-11-5-8-15-16-4-3-9-20-19(16)22-18(15)17(11)21-12(2)13-6-7-14(21)10-13/h3-5,8-9,12-14H,6-7,10H2,1-2H3. The van der Waals surface area contributed by atoms with Gasteiger partial charge in [-0.1, -0.05) is 12.1 Å². The van der Waals surface area contributed by atoms with Crippen molar-refractivity contribution in [3.63, 3.8) is 0 Å². The number of hydrogen-bond donors (Lipinski definition) is 0. The van der Waals surface area contributed by atoms with E-state index in [2.05, 4.69) is 41.9 Å². The molecule has 2 aliphatic rings. The summed E-state index contributed by atoms with van der Waals surface area (Å²) in [5, 5.41) is 2.31. The number of piperidine rings is 1. The highest BCUT2D eigenvalue weighted by atomic mass is 16.3. The van der Waals surface area contributed by atoms with Gasteiger partial charge in [0.2, 0.25) is 5.71 Å². The molecule has 112 valence electrons. The molecule has 0 radical (unpaired) electrons. The first kappa shape index (κ1) is 12.5. The SMILES string of the molecule is Cc1ccc2c(oc3ncccc32)c1N1C2CCC(C2)C1C. The third kappa shape index (κ3) is 1.49. The minimum atomic E-state index is 0.615. The number of fused-ring (bicyclic) bond motifs is 5. The smallest absolute Gasteiger partial charge is 0.227 e. The number of furan rings is 1. The average Bonchev–Trinajstić information content (AvgIpc) is 3.20. The van der Waals surface area contributed by atoms with E-state index in [-0.39, 0.29) is 0 Å². The Balaban J connectivity index is 1.81. The van der Waals surface area contributed by atoms with Crippen LogP contribution in [0.5, 0.6) is 0 Å². The fraction of sp³-hybridized carbons (Fsp3) is 0.421. The first-order valence-corrected chi connectivity index (χ1v) is 8.29. The molecule has 1 aliphatic heterocycles. The van der Waals surface area contributed by atoms with Crippen LogP contribution in [0.3, 0.4) is 0 Å². The molecule has 1 aromatic carbocycles. The number of pyridine rings is 1. The third-order valence-corrected chi connectivity index (χ3v) is 5.81. The lowest BCUT2D eigenvalue weighted by Gasteiger charge is -2.36. The molecule has 1 saturated heterocycles. The molecule has 2 bridgehead atoms. The summed E-state index contributed by atoms with van der Waals surface area (Å²) in [6.45, 7) is 4.58. The van der Waals surface area contributed by atoms with Crippen LogP contribution in [0, 0.1) is 12.8 Å². The predicted octanol–water partition coefficient (Wildman–Crippen LogP) is 4.67. The number of rotatable bonds is 1. The van der Waals surface area contributed by atoms with Crippen molar-refractivity contribution in [1.82, 2.24) is 4.98 Å². The summed E-state index contributed by atoms with van der Waals surface area (Å²) < 4.78 is 6.18. The average molecular weight is 292 g/mol. The molecule has 2 aromatic heterocycles. The minimum absolute atomic E-state index is 0.615. The van der Waals surface area contributed by atoms with Crippen molar-refractivity contribution < 1.29 is 4.42 Å². The van der Waals surface area contributed by atoms with Crippen LogP contribution in [0.25, 0.3) is 22.1 Å². The van der Waals surface area contributed by atoms with Gasteiger partial charge in [0.25, 0.3) is 0 Å². The van der Waals surface area contributed by atoms with E-state index in [1.165, 1.54) is 35.9 Å². The number of hydrogen-bond acceptors (Lipinski definition) is 3. The number of benzene rings is 1. The molecule has 1 saturated carbocycles. The first-order valence-electron chi connectivity index (χ1n) is 8.29. The zero-order valence-electron chi connectivity index (χ0n) is 13.0. The van der Waals surface area contributed by atoms with Gasteiger partial charge in [-0.15, -0.1) is 0 Å². The molecule has 5 rings (SSSR count). The molecule has 3 atom stereocenters. The molecule has 3 nitrogen and oxygen atoms in total.